The van der Waals surface area contributed by atoms with Gasteiger partial charge in [-0.1, -0.05) is 0 Å². The van der Waals surface area contributed by atoms with Crippen molar-refractivity contribution in [2.45, 2.75) is 154 Å². The van der Waals surface area contributed by atoms with E-state index in [9.17, 15) is 86.5 Å². The van der Waals surface area contributed by atoms with Crippen LogP contribution in [0.1, 0.15) is 0 Å². The van der Waals surface area contributed by atoms with Gasteiger partial charge in [0.1, 0.15) is 123 Å². The fourth-order valence-electron chi connectivity index (χ4n) is 7.33. The van der Waals surface area contributed by atoms with Crippen molar-refractivity contribution in [3.05, 3.63) is 0 Å². The molecule has 350 valence electrons. The highest BCUT2D eigenvalue weighted by Crippen LogP contribution is 2.36. The van der Waals surface area contributed by atoms with Crippen LogP contribution in [0.4, 0.5) is 0 Å². The van der Waals surface area contributed by atoms with Gasteiger partial charge in [0, 0.05) is 0 Å². The van der Waals surface area contributed by atoms with Crippen molar-refractivity contribution >= 4 is 5.97 Å². The molecule has 0 aromatic heterocycles. The molecule has 5 heterocycles. The van der Waals surface area contributed by atoms with Crippen molar-refractivity contribution in [3.63, 3.8) is 0 Å². The Hall–Kier alpha value is -1.57. The van der Waals surface area contributed by atoms with Gasteiger partial charge in [-0.3, -0.25) is 0 Å². The van der Waals surface area contributed by atoms with E-state index >= 15 is 0 Å². The van der Waals surface area contributed by atoms with E-state index in [4.69, 9.17) is 52.5 Å². The van der Waals surface area contributed by atoms with Crippen LogP contribution in [0.15, 0.2) is 0 Å². The minimum atomic E-state index is -2.15. The van der Waals surface area contributed by atoms with Crippen LogP contribution in [0.3, 0.4) is 0 Å². The summed E-state index contributed by atoms with van der Waals surface area (Å²) >= 11 is 0. The molecule has 0 aromatic carbocycles. The molecule has 0 unspecified atom stereocenters. The molecule has 5 rings (SSSR count). The first-order valence-electron chi connectivity index (χ1n) is 18.7. The Morgan fingerprint density at radius 3 is 1.00 bits per heavy atom. The molecule has 0 saturated carbocycles. The summed E-state index contributed by atoms with van der Waals surface area (Å²) in [4.78, 5) is 11.8. The van der Waals surface area contributed by atoms with Gasteiger partial charge < -0.3 is 134 Å². The summed E-state index contributed by atoms with van der Waals surface area (Å²) in [6.07, 6.45) is -46.9. The maximum atomic E-state index is 11.8. The van der Waals surface area contributed by atoms with Gasteiger partial charge >= 0.3 is 5.97 Å². The van der Waals surface area contributed by atoms with Crippen molar-refractivity contribution in [1.82, 2.24) is 0 Å². The van der Waals surface area contributed by atoms with Gasteiger partial charge in [0.2, 0.25) is 0 Å². The molecular formula is C32H54O28. The first-order chi connectivity index (χ1) is 28.5. The van der Waals surface area contributed by atoms with E-state index in [2.05, 4.69) is 0 Å². The quantitative estimate of drug-likeness (QED) is 0.0679. The number of carbonyl (C=O) groups is 1. The van der Waals surface area contributed by atoms with Gasteiger partial charge in [-0.25, -0.2) is 4.79 Å². The molecule has 5 aliphatic heterocycles. The lowest BCUT2D eigenvalue weighted by Gasteiger charge is -2.49. The highest BCUT2D eigenvalue weighted by molar-refractivity contribution is 5.70. The Kier molecular flexibility index (Phi) is 17.6. The minimum absolute atomic E-state index is 0.848. The molecule has 0 aromatic rings. The van der Waals surface area contributed by atoms with Crippen molar-refractivity contribution < 1.29 is 139 Å². The number of hydrogen-bond acceptors (Lipinski definition) is 28. The summed E-state index contributed by atoms with van der Waals surface area (Å²) in [6, 6.07) is 0. The van der Waals surface area contributed by atoms with Crippen LogP contribution >= 0.6 is 0 Å². The second-order valence-electron chi connectivity index (χ2n) is 14.6. The van der Waals surface area contributed by atoms with Crippen LogP contribution in [0.2, 0.25) is 0 Å². The molecule has 5 aliphatic rings. The SMILES string of the molecule is O=C(CO)O[C@H]1[C@@H](O[C@H]2[C@H](O)[C@@H](O)[C@@H](O[C@H]3[C@H](O)[C@@H](O)[C@@H](O[C@H]4[C@H](O)[C@@H](O)[C@@H](O[C@H]5[C@H](O)[C@@H](O)[C@H](O)O[C@@H]5CO)O[C@@H]4CO)O[C@@H]3CO)O[C@@H]2CO)O[C@H](CO)[C@@H](O)[C@@H]1O. The van der Waals surface area contributed by atoms with Crippen LogP contribution in [-0.2, 0) is 52.2 Å². The number of ether oxygens (including phenoxy) is 10. The van der Waals surface area contributed by atoms with Gasteiger partial charge in [-0.15, -0.1) is 0 Å². The molecule has 0 bridgehead atoms. The van der Waals surface area contributed by atoms with Crippen LogP contribution in [0, 0.1) is 0 Å². The molecule has 0 spiro atoms. The summed E-state index contributed by atoms with van der Waals surface area (Å²) in [5, 5.41) is 176. The van der Waals surface area contributed by atoms with E-state index < -0.39 is 199 Å². The predicted molar refractivity (Wildman–Crippen MR) is 177 cm³/mol. The fourth-order valence-corrected chi connectivity index (χ4v) is 7.33. The smallest absolute Gasteiger partial charge is 0.332 e. The average molecular weight is 887 g/mol. The Morgan fingerprint density at radius 2 is 0.650 bits per heavy atom. The number of aliphatic hydroxyl groups excluding tert-OH is 17. The third-order valence-electron chi connectivity index (χ3n) is 10.7. The van der Waals surface area contributed by atoms with Crippen molar-refractivity contribution in [1.29, 1.82) is 0 Å². The van der Waals surface area contributed by atoms with Gasteiger partial charge in [0.15, 0.2) is 37.6 Å². The number of esters is 1. The maximum absolute atomic E-state index is 11.8. The second-order valence-corrected chi connectivity index (χ2v) is 14.6. The van der Waals surface area contributed by atoms with E-state index in [1.54, 1.807) is 0 Å². The van der Waals surface area contributed by atoms with E-state index in [0.29, 0.717) is 0 Å². The molecule has 60 heavy (non-hydrogen) atoms. The Balaban J connectivity index is 1.24. The van der Waals surface area contributed by atoms with Gasteiger partial charge in [-0.05, 0) is 0 Å². The van der Waals surface area contributed by atoms with E-state index in [1.165, 1.54) is 0 Å². The number of aliphatic hydroxyl groups is 17. The summed E-state index contributed by atoms with van der Waals surface area (Å²) < 4.78 is 54.3. The standard InChI is InChI=1S/C32H54O28/c33-1-7-13(40)14(41)27(56-12(39)6-38)32(52-7)60-26-11(5-37)55-31(22(49)18(26)45)59-25-10(4-36)54-30(21(48)17(25)44)58-24-9(3-35)53-29(20(47)16(24)43)57-23-8(2-34)51-28(50)19(46)15(23)42/h7-11,13-38,40-50H,1-6H2/t7-,8-,9-,10-,11-,13-,14+,15-,16-,17-,18-,19-,20-,21-,22-,23-,24-,25-,26-,27-,28-,29-,30-,31-,32-/m1/s1. The highest BCUT2D eigenvalue weighted by Gasteiger charge is 2.56. The largest absolute Gasteiger partial charge is 0.452 e. The number of carbonyl (C=O) groups excluding carboxylic acids is 1. The van der Waals surface area contributed by atoms with Crippen molar-refractivity contribution in [3.8, 4) is 0 Å². The topological polar surface area (TPSA) is 453 Å². The summed E-state index contributed by atoms with van der Waals surface area (Å²) in [5.74, 6) is -1.30. The highest BCUT2D eigenvalue weighted by atomic mass is 16.8. The lowest BCUT2D eigenvalue weighted by atomic mass is 9.95. The molecule has 17 N–H and O–H groups in total. The Morgan fingerprint density at radius 1 is 0.350 bits per heavy atom. The van der Waals surface area contributed by atoms with E-state index in [1.807, 2.05) is 0 Å². The third kappa shape index (κ3) is 10.2. The summed E-state index contributed by atoms with van der Waals surface area (Å²) in [6.45, 7) is -5.89. The summed E-state index contributed by atoms with van der Waals surface area (Å²) in [7, 11) is 0. The van der Waals surface area contributed by atoms with Crippen LogP contribution in [0.25, 0.3) is 0 Å². The maximum Gasteiger partial charge on any atom is 0.332 e. The molecule has 28 heteroatoms. The number of hydrogen-bond donors (Lipinski definition) is 17. The monoisotopic (exact) mass is 886 g/mol. The molecule has 5 fully saturated rings. The average Bonchev–Trinajstić information content (AvgIpc) is 3.24. The van der Waals surface area contributed by atoms with Crippen LogP contribution in [0.5, 0.6) is 0 Å². The first kappa shape index (κ1) is 49.4. The Labute approximate surface area is 338 Å². The van der Waals surface area contributed by atoms with E-state index in [0.717, 1.165) is 0 Å². The van der Waals surface area contributed by atoms with Gasteiger partial charge in [0.05, 0.1) is 33.0 Å². The van der Waals surface area contributed by atoms with Gasteiger partial charge in [0.25, 0.3) is 0 Å². The van der Waals surface area contributed by atoms with Gasteiger partial charge in [-0.2, -0.15) is 0 Å². The molecular weight excluding hydrogens is 832 g/mol. The zero-order valence-electron chi connectivity index (χ0n) is 31.3. The normalized spacial score (nSPS) is 50.3. The zero-order valence-corrected chi connectivity index (χ0v) is 31.3. The summed E-state index contributed by atoms with van der Waals surface area (Å²) in [5.41, 5.74) is 0. The zero-order chi connectivity index (χ0) is 44.3. The fraction of sp³-hybridized carbons (Fsp3) is 0.969. The number of rotatable bonds is 15. The van der Waals surface area contributed by atoms with Crippen LogP contribution < -0.4 is 0 Å². The lowest BCUT2D eigenvalue weighted by Crippen LogP contribution is -2.68. The second kappa shape index (κ2) is 21.4. The van der Waals surface area contributed by atoms with Crippen molar-refractivity contribution in [2.24, 2.45) is 0 Å². The minimum Gasteiger partial charge on any atom is -0.452 e. The lowest BCUT2D eigenvalue weighted by molar-refractivity contribution is -0.393. The molecule has 0 radical (unpaired) electrons. The molecule has 0 amide bonds. The Bertz CT molecular complexity index is 1330. The molecule has 0 aliphatic carbocycles. The third-order valence-corrected chi connectivity index (χ3v) is 10.7. The molecule has 28 nitrogen and oxygen atoms in total. The predicted octanol–water partition coefficient (Wildman–Crippen LogP) is -12.4. The van der Waals surface area contributed by atoms with Crippen LogP contribution in [-0.4, -0.2) is 286 Å². The molecule has 5 saturated heterocycles. The van der Waals surface area contributed by atoms with E-state index in [-0.39, 0.29) is 0 Å². The first-order valence-corrected chi connectivity index (χ1v) is 18.7. The molecule has 25 atom stereocenters. The van der Waals surface area contributed by atoms with Crippen molar-refractivity contribution in [2.75, 3.05) is 39.6 Å².